The van der Waals surface area contributed by atoms with E-state index < -0.39 is 0 Å². The SMILES string of the molecule is NCC1COCC(=O)N1c1cccc(Cl)c1. The fraction of sp³-hybridized carbons (Fsp3) is 0.364. The number of carbonyl (C=O) groups excluding carboxylic acids is 1. The Morgan fingerprint density at radius 1 is 1.56 bits per heavy atom. The summed E-state index contributed by atoms with van der Waals surface area (Å²) < 4.78 is 5.16. The van der Waals surface area contributed by atoms with E-state index in [2.05, 4.69) is 0 Å². The van der Waals surface area contributed by atoms with E-state index in [9.17, 15) is 4.79 Å². The number of ether oxygens (including phenoxy) is 1. The number of hydrogen-bond donors (Lipinski definition) is 1. The molecule has 1 amide bonds. The lowest BCUT2D eigenvalue weighted by molar-refractivity contribution is -0.127. The van der Waals surface area contributed by atoms with Gasteiger partial charge in [-0.15, -0.1) is 0 Å². The van der Waals surface area contributed by atoms with E-state index in [0.29, 0.717) is 18.2 Å². The molecule has 86 valence electrons. The third-order valence-electron chi connectivity index (χ3n) is 2.53. The van der Waals surface area contributed by atoms with E-state index in [0.717, 1.165) is 5.69 Å². The summed E-state index contributed by atoms with van der Waals surface area (Å²) in [5, 5.41) is 0.604. The van der Waals surface area contributed by atoms with Crippen LogP contribution in [-0.2, 0) is 9.53 Å². The first-order chi connectivity index (χ1) is 7.72. The van der Waals surface area contributed by atoms with Crippen molar-refractivity contribution in [2.45, 2.75) is 6.04 Å². The Bertz CT molecular complexity index is 397. The average molecular weight is 241 g/mol. The summed E-state index contributed by atoms with van der Waals surface area (Å²) in [7, 11) is 0. The quantitative estimate of drug-likeness (QED) is 0.840. The second kappa shape index (κ2) is 4.82. The maximum absolute atomic E-state index is 11.8. The molecule has 0 spiro atoms. The predicted octanol–water partition coefficient (Wildman–Crippen LogP) is 1.03. The number of anilines is 1. The summed E-state index contributed by atoms with van der Waals surface area (Å²) in [6.07, 6.45) is 0. The highest BCUT2D eigenvalue weighted by atomic mass is 35.5. The summed E-state index contributed by atoms with van der Waals surface area (Å²) in [5.74, 6) is -0.0797. The molecule has 4 nitrogen and oxygen atoms in total. The minimum atomic E-state index is -0.111. The maximum Gasteiger partial charge on any atom is 0.253 e. The van der Waals surface area contributed by atoms with Gasteiger partial charge in [0.05, 0.1) is 12.6 Å². The van der Waals surface area contributed by atoms with Crippen LogP contribution in [-0.4, -0.2) is 31.7 Å². The molecule has 5 heteroatoms. The zero-order chi connectivity index (χ0) is 11.5. The summed E-state index contributed by atoms with van der Waals surface area (Å²) in [6.45, 7) is 0.940. The number of nitrogens with two attached hydrogens (primary N) is 1. The number of halogens is 1. The molecule has 1 unspecified atom stereocenters. The van der Waals surface area contributed by atoms with Gasteiger partial charge >= 0.3 is 0 Å². The number of carbonyl (C=O) groups is 1. The number of hydrogen-bond acceptors (Lipinski definition) is 3. The highest BCUT2D eigenvalue weighted by Gasteiger charge is 2.28. The Morgan fingerprint density at radius 3 is 3.06 bits per heavy atom. The minimum Gasteiger partial charge on any atom is -0.369 e. The van der Waals surface area contributed by atoms with E-state index >= 15 is 0 Å². The van der Waals surface area contributed by atoms with Gasteiger partial charge in [0.2, 0.25) is 0 Å². The van der Waals surface area contributed by atoms with Gasteiger partial charge in [-0.1, -0.05) is 17.7 Å². The molecule has 0 saturated carbocycles. The van der Waals surface area contributed by atoms with Crippen molar-refractivity contribution < 1.29 is 9.53 Å². The van der Waals surface area contributed by atoms with Crippen molar-refractivity contribution in [3.63, 3.8) is 0 Å². The van der Waals surface area contributed by atoms with Crippen molar-refractivity contribution >= 4 is 23.2 Å². The van der Waals surface area contributed by atoms with Crippen LogP contribution in [0.4, 0.5) is 5.69 Å². The summed E-state index contributed by atoms with van der Waals surface area (Å²) >= 11 is 5.90. The number of morpholine rings is 1. The summed E-state index contributed by atoms with van der Waals surface area (Å²) in [4.78, 5) is 13.4. The van der Waals surface area contributed by atoms with Crippen LogP contribution in [0, 0.1) is 0 Å². The number of rotatable bonds is 2. The Balaban J connectivity index is 2.31. The summed E-state index contributed by atoms with van der Waals surface area (Å²) in [6, 6.07) is 7.08. The molecule has 0 bridgehead atoms. The molecule has 1 aromatic rings. The fourth-order valence-electron chi connectivity index (χ4n) is 1.78. The number of benzene rings is 1. The van der Waals surface area contributed by atoms with Crippen LogP contribution in [0.1, 0.15) is 0 Å². The van der Waals surface area contributed by atoms with Gasteiger partial charge < -0.3 is 15.4 Å². The standard InChI is InChI=1S/C11H13ClN2O2/c12-8-2-1-3-9(4-8)14-10(5-13)6-16-7-11(14)15/h1-4,10H,5-7,13H2. The smallest absolute Gasteiger partial charge is 0.253 e. The molecule has 2 rings (SSSR count). The molecule has 1 aliphatic rings. The Hall–Kier alpha value is -1.10. The molecule has 0 aromatic heterocycles. The highest BCUT2D eigenvalue weighted by Crippen LogP contribution is 2.23. The van der Waals surface area contributed by atoms with Gasteiger partial charge in [-0.3, -0.25) is 4.79 Å². The van der Waals surface area contributed by atoms with Crippen LogP contribution in [0.2, 0.25) is 5.02 Å². The molecule has 2 N–H and O–H groups in total. The van der Waals surface area contributed by atoms with Gasteiger partial charge in [0.25, 0.3) is 5.91 Å². The Morgan fingerprint density at radius 2 is 2.38 bits per heavy atom. The fourth-order valence-corrected chi connectivity index (χ4v) is 1.97. The molecule has 1 aliphatic heterocycles. The molecule has 0 aliphatic carbocycles. The molecule has 1 atom stereocenters. The van der Waals surface area contributed by atoms with E-state index in [-0.39, 0.29) is 18.6 Å². The Kier molecular flexibility index (Phi) is 3.43. The second-order valence-electron chi connectivity index (χ2n) is 3.65. The molecule has 1 saturated heterocycles. The zero-order valence-electron chi connectivity index (χ0n) is 8.73. The van der Waals surface area contributed by atoms with Gasteiger partial charge in [0.15, 0.2) is 0 Å². The van der Waals surface area contributed by atoms with E-state index in [4.69, 9.17) is 22.1 Å². The average Bonchev–Trinajstić information content (AvgIpc) is 2.28. The molecular weight excluding hydrogens is 228 g/mol. The third-order valence-corrected chi connectivity index (χ3v) is 2.76. The maximum atomic E-state index is 11.8. The van der Waals surface area contributed by atoms with Gasteiger partial charge in [-0.05, 0) is 18.2 Å². The molecule has 0 radical (unpaired) electrons. The van der Waals surface area contributed by atoms with Crippen molar-refractivity contribution in [1.29, 1.82) is 0 Å². The minimum absolute atomic E-state index is 0.0797. The van der Waals surface area contributed by atoms with Crippen LogP contribution in [0.25, 0.3) is 0 Å². The van der Waals surface area contributed by atoms with Crippen LogP contribution in [0.3, 0.4) is 0 Å². The van der Waals surface area contributed by atoms with Gasteiger partial charge in [0, 0.05) is 17.3 Å². The number of amides is 1. The van der Waals surface area contributed by atoms with Crippen LogP contribution in [0.15, 0.2) is 24.3 Å². The number of nitrogens with zero attached hydrogens (tertiary/aromatic N) is 1. The predicted molar refractivity (Wildman–Crippen MR) is 62.6 cm³/mol. The third kappa shape index (κ3) is 2.19. The Labute approximate surface area is 98.9 Å². The first kappa shape index (κ1) is 11.4. The lowest BCUT2D eigenvalue weighted by Crippen LogP contribution is -2.53. The van der Waals surface area contributed by atoms with E-state index in [1.165, 1.54) is 0 Å². The van der Waals surface area contributed by atoms with E-state index in [1.807, 2.05) is 12.1 Å². The topological polar surface area (TPSA) is 55.6 Å². The van der Waals surface area contributed by atoms with Gasteiger partial charge in [-0.2, -0.15) is 0 Å². The summed E-state index contributed by atoms with van der Waals surface area (Å²) in [5.41, 5.74) is 6.40. The van der Waals surface area contributed by atoms with Crippen LogP contribution in [0.5, 0.6) is 0 Å². The molecule has 1 aromatic carbocycles. The van der Waals surface area contributed by atoms with Gasteiger partial charge in [-0.25, -0.2) is 0 Å². The largest absolute Gasteiger partial charge is 0.369 e. The van der Waals surface area contributed by atoms with Crippen molar-refractivity contribution in [1.82, 2.24) is 0 Å². The van der Waals surface area contributed by atoms with Crippen molar-refractivity contribution in [2.75, 3.05) is 24.7 Å². The normalized spacial score (nSPS) is 21.2. The first-order valence-corrected chi connectivity index (χ1v) is 5.45. The molecule has 1 fully saturated rings. The molecule has 16 heavy (non-hydrogen) atoms. The molecule has 1 heterocycles. The van der Waals surface area contributed by atoms with Crippen LogP contribution >= 0.6 is 11.6 Å². The molecular formula is C11H13ClN2O2. The lowest BCUT2D eigenvalue weighted by atomic mass is 10.2. The van der Waals surface area contributed by atoms with Crippen LogP contribution < -0.4 is 10.6 Å². The van der Waals surface area contributed by atoms with Crippen molar-refractivity contribution in [3.05, 3.63) is 29.3 Å². The van der Waals surface area contributed by atoms with E-state index in [1.54, 1.807) is 17.0 Å². The second-order valence-corrected chi connectivity index (χ2v) is 4.08. The zero-order valence-corrected chi connectivity index (χ0v) is 9.48. The van der Waals surface area contributed by atoms with Crippen molar-refractivity contribution in [2.24, 2.45) is 5.73 Å². The van der Waals surface area contributed by atoms with Crippen molar-refractivity contribution in [3.8, 4) is 0 Å². The first-order valence-electron chi connectivity index (χ1n) is 5.08. The monoisotopic (exact) mass is 240 g/mol. The lowest BCUT2D eigenvalue weighted by Gasteiger charge is -2.34. The highest BCUT2D eigenvalue weighted by molar-refractivity contribution is 6.30. The van der Waals surface area contributed by atoms with Gasteiger partial charge in [0.1, 0.15) is 6.61 Å².